The maximum absolute atomic E-state index is 12.1. The Balaban J connectivity index is 1.20. The molecule has 0 aliphatic rings. The highest BCUT2D eigenvalue weighted by molar-refractivity contribution is 6.35. The van der Waals surface area contributed by atoms with Crippen LogP contribution in [0.4, 0.5) is 5.82 Å². The number of hydrogen-bond donors (Lipinski definition) is 3. The van der Waals surface area contributed by atoms with Gasteiger partial charge in [0, 0.05) is 46.9 Å². The lowest BCUT2D eigenvalue weighted by molar-refractivity contribution is -0.121. The van der Waals surface area contributed by atoms with Crippen LogP contribution in [0.5, 0.6) is 0 Å². The first kappa shape index (κ1) is 22.8. The Morgan fingerprint density at radius 3 is 2.61 bits per heavy atom. The molecule has 170 valence electrons. The van der Waals surface area contributed by atoms with E-state index in [1.807, 2.05) is 12.1 Å². The zero-order valence-corrected chi connectivity index (χ0v) is 18.9. The van der Waals surface area contributed by atoms with Crippen molar-refractivity contribution in [2.45, 2.75) is 19.3 Å². The highest BCUT2D eigenvalue weighted by Gasteiger charge is 2.12. The van der Waals surface area contributed by atoms with E-state index in [9.17, 15) is 9.59 Å². The molecule has 2 aromatic heterocycles. The van der Waals surface area contributed by atoms with Crippen molar-refractivity contribution in [1.82, 2.24) is 25.7 Å². The Bertz CT molecular complexity index is 1320. The molecule has 4 rings (SSSR count). The molecule has 0 radical (unpaired) electrons. The van der Waals surface area contributed by atoms with Crippen LogP contribution in [0.3, 0.4) is 0 Å². The third-order valence-corrected chi connectivity index (χ3v) is 5.26. The number of fused-ring (bicyclic) bond motifs is 1. The van der Waals surface area contributed by atoms with Crippen molar-refractivity contribution in [3.63, 3.8) is 0 Å². The molecule has 0 aliphatic heterocycles. The highest BCUT2D eigenvalue weighted by Crippen LogP contribution is 2.25. The van der Waals surface area contributed by atoms with Crippen molar-refractivity contribution in [2.75, 3.05) is 18.4 Å². The molecular formula is C22H20Cl2N6O3. The van der Waals surface area contributed by atoms with Gasteiger partial charge in [0.05, 0.1) is 5.39 Å². The summed E-state index contributed by atoms with van der Waals surface area (Å²) in [6.07, 6.45) is 1.22. The molecule has 3 N–H and O–H groups in total. The third-order valence-electron chi connectivity index (χ3n) is 4.82. The van der Waals surface area contributed by atoms with Gasteiger partial charge in [0.1, 0.15) is 0 Å². The van der Waals surface area contributed by atoms with E-state index >= 15 is 0 Å². The van der Waals surface area contributed by atoms with Crippen molar-refractivity contribution in [1.29, 1.82) is 0 Å². The summed E-state index contributed by atoms with van der Waals surface area (Å²) < 4.78 is 5.22. The number of anilines is 1. The molecule has 0 aliphatic carbocycles. The smallest absolute Gasteiger partial charge is 0.272 e. The molecule has 9 nitrogen and oxygen atoms in total. The molecule has 0 bridgehead atoms. The Morgan fingerprint density at radius 2 is 1.82 bits per heavy atom. The molecule has 0 unspecified atom stereocenters. The summed E-state index contributed by atoms with van der Waals surface area (Å²) in [5.74, 6) is 1.20. The number of rotatable bonds is 9. The predicted octanol–water partition coefficient (Wildman–Crippen LogP) is 3.83. The highest BCUT2D eigenvalue weighted by atomic mass is 35.5. The second kappa shape index (κ2) is 10.5. The molecular weight excluding hydrogens is 467 g/mol. The lowest BCUT2D eigenvalue weighted by Crippen LogP contribution is -2.26. The molecule has 2 heterocycles. The number of nitrogens with one attached hydrogen (secondary N) is 3. The van der Waals surface area contributed by atoms with Crippen LogP contribution in [0.25, 0.3) is 22.2 Å². The zero-order valence-electron chi connectivity index (χ0n) is 17.4. The summed E-state index contributed by atoms with van der Waals surface area (Å²) in [6.45, 7) is 1.07. The predicted molar refractivity (Wildman–Crippen MR) is 127 cm³/mol. The second-order valence-electron chi connectivity index (χ2n) is 7.25. The summed E-state index contributed by atoms with van der Waals surface area (Å²) in [5.41, 5.74) is 0.414. The average Bonchev–Trinajstić information content (AvgIpc) is 3.28. The van der Waals surface area contributed by atoms with Gasteiger partial charge in [-0.25, -0.2) is 5.10 Å². The molecule has 0 spiro atoms. The van der Waals surface area contributed by atoms with Crippen LogP contribution < -0.4 is 16.2 Å². The molecule has 1 amide bonds. The van der Waals surface area contributed by atoms with E-state index in [1.165, 1.54) is 0 Å². The van der Waals surface area contributed by atoms with Gasteiger partial charge < -0.3 is 15.2 Å². The van der Waals surface area contributed by atoms with E-state index in [0.29, 0.717) is 64.5 Å². The molecule has 33 heavy (non-hydrogen) atoms. The minimum atomic E-state index is -0.229. The van der Waals surface area contributed by atoms with Crippen molar-refractivity contribution >= 4 is 45.7 Å². The fourth-order valence-corrected chi connectivity index (χ4v) is 3.76. The van der Waals surface area contributed by atoms with Crippen LogP contribution in [-0.4, -0.2) is 39.3 Å². The zero-order chi connectivity index (χ0) is 23.2. The minimum Gasteiger partial charge on any atom is -0.368 e. The van der Waals surface area contributed by atoms with E-state index in [4.69, 9.17) is 27.7 Å². The van der Waals surface area contributed by atoms with Gasteiger partial charge in [-0.15, -0.1) is 0 Å². The summed E-state index contributed by atoms with van der Waals surface area (Å²) in [4.78, 5) is 28.2. The Morgan fingerprint density at radius 1 is 1.06 bits per heavy atom. The Kier molecular flexibility index (Phi) is 7.21. The summed E-state index contributed by atoms with van der Waals surface area (Å²) in [7, 11) is 0. The topological polar surface area (TPSA) is 126 Å². The van der Waals surface area contributed by atoms with Gasteiger partial charge in [0.15, 0.2) is 5.82 Å². The first-order valence-electron chi connectivity index (χ1n) is 10.3. The molecule has 0 saturated heterocycles. The summed E-state index contributed by atoms with van der Waals surface area (Å²) >= 11 is 12.0. The van der Waals surface area contributed by atoms with Crippen LogP contribution >= 0.6 is 23.2 Å². The maximum atomic E-state index is 12.1. The van der Waals surface area contributed by atoms with Gasteiger partial charge in [-0.1, -0.05) is 46.6 Å². The quantitative estimate of drug-likeness (QED) is 0.307. The van der Waals surface area contributed by atoms with Gasteiger partial charge in [-0.2, -0.15) is 10.1 Å². The number of H-pyrrole nitrogens is 1. The van der Waals surface area contributed by atoms with Crippen LogP contribution in [0.15, 0.2) is 51.8 Å². The monoisotopic (exact) mass is 486 g/mol. The van der Waals surface area contributed by atoms with Crippen molar-refractivity contribution in [3.05, 3.63) is 68.8 Å². The Labute approximate surface area is 198 Å². The van der Waals surface area contributed by atoms with E-state index in [0.717, 1.165) is 5.39 Å². The molecule has 0 atom stereocenters. The molecule has 0 fully saturated rings. The number of carbonyl (C=O) groups excluding carboxylic acids is 1. The number of aryl methyl sites for hydroxylation is 1. The third kappa shape index (κ3) is 5.88. The van der Waals surface area contributed by atoms with Gasteiger partial charge in [0.2, 0.25) is 17.6 Å². The van der Waals surface area contributed by atoms with Gasteiger partial charge in [-0.05, 0) is 30.7 Å². The van der Waals surface area contributed by atoms with E-state index < -0.39 is 0 Å². The summed E-state index contributed by atoms with van der Waals surface area (Å²) in [6, 6.07) is 12.2. The van der Waals surface area contributed by atoms with Crippen molar-refractivity contribution in [3.8, 4) is 11.4 Å². The van der Waals surface area contributed by atoms with Gasteiger partial charge in [-0.3, -0.25) is 9.59 Å². The number of amides is 1. The first-order chi connectivity index (χ1) is 16.0. The summed E-state index contributed by atoms with van der Waals surface area (Å²) in [5, 5.41) is 18.8. The molecule has 11 heteroatoms. The number of aromatic amines is 1. The fraction of sp³-hybridized carbons (Fsp3) is 0.227. The standard InChI is InChI=1S/C22H20Cl2N6O3/c23-14-10-13(11-15(24)12-14)20-27-19(33-30-20)7-6-18(31)25-8-3-9-26-21-16-4-1-2-5-17(16)22(32)29-28-21/h1-2,4-5,10-12H,3,6-9H2,(H,25,31)(H,26,28)(H,29,32). The lowest BCUT2D eigenvalue weighted by Gasteiger charge is -2.08. The van der Waals surface area contributed by atoms with Crippen LogP contribution in [-0.2, 0) is 11.2 Å². The Hall–Kier alpha value is -3.43. The minimum absolute atomic E-state index is 0.117. The van der Waals surface area contributed by atoms with Crippen LogP contribution in [0.1, 0.15) is 18.7 Å². The van der Waals surface area contributed by atoms with E-state index in [-0.39, 0.29) is 17.9 Å². The van der Waals surface area contributed by atoms with E-state index in [2.05, 4.69) is 31.0 Å². The van der Waals surface area contributed by atoms with Crippen LogP contribution in [0.2, 0.25) is 10.0 Å². The van der Waals surface area contributed by atoms with Crippen LogP contribution in [0, 0.1) is 0 Å². The average molecular weight is 487 g/mol. The van der Waals surface area contributed by atoms with Crippen molar-refractivity contribution < 1.29 is 9.32 Å². The molecule has 2 aromatic carbocycles. The SMILES string of the molecule is O=C(CCc1nc(-c2cc(Cl)cc(Cl)c2)no1)NCCCNc1n[nH]c(=O)c2ccccc12. The first-order valence-corrected chi connectivity index (χ1v) is 11.0. The number of aromatic nitrogens is 4. The fourth-order valence-electron chi connectivity index (χ4n) is 3.24. The lowest BCUT2D eigenvalue weighted by atomic mass is 10.2. The normalized spacial score (nSPS) is 11.0. The van der Waals surface area contributed by atoms with E-state index in [1.54, 1.807) is 30.3 Å². The maximum Gasteiger partial charge on any atom is 0.272 e. The molecule has 4 aromatic rings. The number of carbonyl (C=O) groups is 1. The largest absolute Gasteiger partial charge is 0.368 e. The van der Waals surface area contributed by atoms with Gasteiger partial charge >= 0.3 is 0 Å². The van der Waals surface area contributed by atoms with Crippen molar-refractivity contribution in [2.24, 2.45) is 0 Å². The number of hydrogen-bond acceptors (Lipinski definition) is 7. The number of nitrogens with zero attached hydrogens (tertiary/aromatic N) is 3. The van der Waals surface area contributed by atoms with Gasteiger partial charge in [0.25, 0.3) is 5.56 Å². The molecule has 0 saturated carbocycles. The number of benzene rings is 2. The number of halogens is 2. The second-order valence-corrected chi connectivity index (χ2v) is 8.12.